The molecule has 2 N–H and O–H groups in total. The summed E-state index contributed by atoms with van der Waals surface area (Å²) >= 11 is 0. The largest absolute Gasteiger partial charge is 0.416 e. The van der Waals surface area contributed by atoms with Crippen molar-refractivity contribution in [2.75, 3.05) is 5.75 Å². The molecule has 0 bridgehead atoms. The van der Waals surface area contributed by atoms with Crippen LogP contribution in [0.15, 0.2) is 29.2 Å². The molecule has 2 rings (SSSR count). The van der Waals surface area contributed by atoms with Gasteiger partial charge in [-0.05, 0) is 49.4 Å². The van der Waals surface area contributed by atoms with E-state index in [0.717, 1.165) is 43.5 Å². The number of hydrogen-bond acceptors (Lipinski definition) is 3. The quantitative estimate of drug-likeness (QED) is 0.927. The second-order valence-electron chi connectivity index (χ2n) is 5.48. The molecule has 1 fully saturated rings. The zero-order chi connectivity index (χ0) is 15.7. The van der Waals surface area contributed by atoms with Crippen LogP contribution < -0.4 is 5.73 Å². The smallest absolute Gasteiger partial charge is 0.327 e. The first kappa shape index (κ1) is 16.3. The van der Waals surface area contributed by atoms with Crippen LogP contribution in [0.5, 0.6) is 0 Å². The highest BCUT2D eigenvalue weighted by Crippen LogP contribution is 2.31. The Morgan fingerprint density at radius 3 is 2.24 bits per heavy atom. The van der Waals surface area contributed by atoms with Gasteiger partial charge in [0.25, 0.3) is 0 Å². The number of nitrogens with two attached hydrogens (primary N) is 1. The summed E-state index contributed by atoms with van der Waals surface area (Å²) in [4.78, 5) is -0.0675. The summed E-state index contributed by atoms with van der Waals surface area (Å²) in [6.45, 7) is 0. The maximum atomic E-state index is 12.4. The average Bonchev–Trinajstić information content (AvgIpc) is 2.81. The second kappa shape index (κ2) is 5.96. The Kier molecular flexibility index (Phi) is 4.63. The van der Waals surface area contributed by atoms with Gasteiger partial charge in [0.1, 0.15) is 0 Å². The summed E-state index contributed by atoms with van der Waals surface area (Å²) < 4.78 is 61.6. The topological polar surface area (TPSA) is 60.2 Å². The van der Waals surface area contributed by atoms with Gasteiger partial charge in [-0.1, -0.05) is 6.42 Å². The fourth-order valence-corrected chi connectivity index (χ4v) is 4.10. The van der Waals surface area contributed by atoms with Crippen LogP contribution in [0.2, 0.25) is 0 Å². The first-order chi connectivity index (χ1) is 9.70. The number of halogens is 3. The molecule has 3 nitrogen and oxygen atoms in total. The van der Waals surface area contributed by atoms with E-state index in [9.17, 15) is 21.6 Å². The van der Waals surface area contributed by atoms with E-state index in [1.165, 1.54) is 0 Å². The van der Waals surface area contributed by atoms with Crippen LogP contribution in [0.1, 0.15) is 31.2 Å². The molecule has 1 aliphatic carbocycles. The summed E-state index contributed by atoms with van der Waals surface area (Å²) in [7, 11) is -3.56. The van der Waals surface area contributed by atoms with E-state index in [2.05, 4.69) is 0 Å². The standard InChI is InChI=1S/C14H18F3NO2S/c15-14(16,17)11-4-6-12(7-5-11)21(19,20)9-8-10-2-1-3-13(10)18/h4-7,10,13H,1-3,8-9,18H2. The molecule has 2 unspecified atom stereocenters. The Hall–Kier alpha value is -1.08. The van der Waals surface area contributed by atoms with Gasteiger partial charge >= 0.3 is 6.18 Å². The summed E-state index contributed by atoms with van der Waals surface area (Å²) in [5.74, 6) is 0.116. The Bertz CT molecular complexity index is 581. The number of rotatable bonds is 4. The molecule has 1 aliphatic rings. The zero-order valence-electron chi connectivity index (χ0n) is 11.4. The molecule has 1 aromatic carbocycles. The minimum absolute atomic E-state index is 0.0350. The van der Waals surface area contributed by atoms with E-state index in [4.69, 9.17) is 5.73 Å². The summed E-state index contributed by atoms with van der Waals surface area (Å²) in [6.07, 6.45) is -1.16. The highest BCUT2D eigenvalue weighted by Gasteiger charge is 2.31. The van der Waals surface area contributed by atoms with Gasteiger partial charge in [-0.15, -0.1) is 0 Å². The molecule has 2 atom stereocenters. The van der Waals surface area contributed by atoms with E-state index in [0.29, 0.717) is 6.42 Å². The lowest BCUT2D eigenvalue weighted by Crippen LogP contribution is -2.26. The van der Waals surface area contributed by atoms with Crippen LogP contribution in [-0.4, -0.2) is 20.2 Å². The first-order valence-corrected chi connectivity index (χ1v) is 8.51. The van der Waals surface area contributed by atoms with Crippen LogP contribution in [-0.2, 0) is 16.0 Å². The van der Waals surface area contributed by atoms with Crippen molar-refractivity contribution in [2.24, 2.45) is 11.7 Å². The molecule has 7 heteroatoms. The monoisotopic (exact) mass is 321 g/mol. The van der Waals surface area contributed by atoms with Gasteiger partial charge in [0.15, 0.2) is 9.84 Å². The molecule has 21 heavy (non-hydrogen) atoms. The zero-order valence-corrected chi connectivity index (χ0v) is 12.3. The fourth-order valence-electron chi connectivity index (χ4n) is 2.70. The number of benzene rings is 1. The first-order valence-electron chi connectivity index (χ1n) is 6.86. The molecule has 1 aromatic rings. The van der Waals surface area contributed by atoms with Crippen molar-refractivity contribution >= 4 is 9.84 Å². The van der Waals surface area contributed by atoms with Crippen LogP contribution in [0.25, 0.3) is 0 Å². The van der Waals surface area contributed by atoms with Gasteiger partial charge in [0.05, 0.1) is 16.2 Å². The van der Waals surface area contributed by atoms with Crippen LogP contribution in [0, 0.1) is 5.92 Å². The van der Waals surface area contributed by atoms with Crippen molar-refractivity contribution in [1.82, 2.24) is 0 Å². The van der Waals surface area contributed by atoms with Crippen molar-refractivity contribution in [3.05, 3.63) is 29.8 Å². The van der Waals surface area contributed by atoms with Gasteiger partial charge in [0, 0.05) is 6.04 Å². The van der Waals surface area contributed by atoms with Crippen LogP contribution in [0.4, 0.5) is 13.2 Å². The van der Waals surface area contributed by atoms with Crippen LogP contribution in [0.3, 0.4) is 0 Å². The van der Waals surface area contributed by atoms with Crippen LogP contribution >= 0.6 is 0 Å². The molecular weight excluding hydrogens is 303 g/mol. The van der Waals surface area contributed by atoms with Gasteiger partial charge in [-0.3, -0.25) is 0 Å². The average molecular weight is 321 g/mol. The summed E-state index contributed by atoms with van der Waals surface area (Å²) in [5.41, 5.74) is 5.05. The highest BCUT2D eigenvalue weighted by molar-refractivity contribution is 7.91. The lowest BCUT2D eigenvalue weighted by Gasteiger charge is -2.15. The lowest BCUT2D eigenvalue weighted by molar-refractivity contribution is -0.137. The van der Waals surface area contributed by atoms with Gasteiger partial charge in [0.2, 0.25) is 0 Å². The Labute approximate surface area is 122 Å². The molecule has 0 aromatic heterocycles. The maximum absolute atomic E-state index is 12.4. The maximum Gasteiger partial charge on any atom is 0.416 e. The van der Waals surface area contributed by atoms with E-state index >= 15 is 0 Å². The Balaban J connectivity index is 2.05. The van der Waals surface area contributed by atoms with Crippen molar-refractivity contribution in [2.45, 2.75) is 42.8 Å². The third kappa shape index (κ3) is 3.97. The third-order valence-electron chi connectivity index (χ3n) is 4.02. The molecule has 118 valence electrons. The minimum Gasteiger partial charge on any atom is -0.327 e. The Morgan fingerprint density at radius 2 is 1.76 bits per heavy atom. The molecule has 0 amide bonds. The Morgan fingerprint density at radius 1 is 1.14 bits per heavy atom. The minimum atomic E-state index is -4.46. The molecule has 0 heterocycles. The molecule has 0 saturated heterocycles. The van der Waals surface area contributed by atoms with E-state index in [1.54, 1.807) is 0 Å². The predicted octanol–water partition coefficient (Wildman–Crippen LogP) is 3.00. The molecule has 0 radical (unpaired) electrons. The van der Waals surface area contributed by atoms with Gasteiger partial charge in [-0.25, -0.2) is 8.42 Å². The van der Waals surface area contributed by atoms with E-state index in [1.807, 2.05) is 0 Å². The number of sulfone groups is 1. The molecule has 1 saturated carbocycles. The SMILES string of the molecule is NC1CCCC1CCS(=O)(=O)c1ccc(C(F)(F)F)cc1. The van der Waals surface area contributed by atoms with Gasteiger partial charge < -0.3 is 5.73 Å². The van der Waals surface area contributed by atoms with Crippen molar-refractivity contribution in [3.8, 4) is 0 Å². The number of hydrogen-bond donors (Lipinski definition) is 1. The highest BCUT2D eigenvalue weighted by atomic mass is 32.2. The van der Waals surface area contributed by atoms with E-state index < -0.39 is 21.6 Å². The van der Waals surface area contributed by atoms with Crippen molar-refractivity contribution in [3.63, 3.8) is 0 Å². The second-order valence-corrected chi connectivity index (χ2v) is 7.59. The fraction of sp³-hybridized carbons (Fsp3) is 0.571. The summed E-state index contributed by atoms with van der Waals surface area (Å²) in [6, 6.07) is 3.68. The molecular formula is C14H18F3NO2S. The molecule has 0 spiro atoms. The number of alkyl halides is 3. The van der Waals surface area contributed by atoms with Gasteiger partial charge in [-0.2, -0.15) is 13.2 Å². The molecule has 0 aliphatic heterocycles. The van der Waals surface area contributed by atoms with E-state index in [-0.39, 0.29) is 22.6 Å². The van der Waals surface area contributed by atoms with Crippen molar-refractivity contribution in [1.29, 1.82) is 0 Å². The lowest BCUT2D eigenvalue weighted by atomic mass is 10.0. The normalized spacial score (nSPS) is 23.4. The van der Waals surface area contributed by atoms with Crippen molar-refractivity contribution < 1.29 is 21.6 Å². The summed E-state index contributed by atoms with van der Waals surface area (Å²) in [5, 5.41) is 0. The third-order valence-corrected chi connectivity index (χ3v) is 5.78. The predicted molar refractivity (Wildman–Crippen MR) is 73.4 cm³/mol.